The number of nitro groups is 1. The molecule has 0 saturated heterocycles. The molecule has 0 aromatic heterocycles. The summed E-state index contributed by atoms with van der Waals surface area (Å²) in [5.41, 5.74) is 3.04. The van der Waals surface area contributed by atoms with Gasteiger partial charge in [0.05, 0.1) is 11.5 Å². The van der Waals surface area contributed by atoms with E-state index in [1.807, 2.05) is 45.3 Å². The molecule has 0 bridgehead atoms. The van der Waals surface area contributed by atoms with Crippen LogP contribution >= 0.6 is 12.2 Å². The van der Waals surface area contributed by atoms with Crippen molar-refractivity contribution in [3.63, 3.8) is 0 Å². The molecule has 6 nitrogen and oxygen atoms in total. The number of hydrogen-bond acceptors (Lipinski definition) is 4. The lowest BCUT2D eigenvalue weighted by atomic mass is 10.1. The Morgan fingerprint density at radius 3 is 2.28 bits per heavy atom. The molecular weight excluding hydrogens is 336 g/mol. The highest BCUT2D eigenvalue weighted by Gasteiger charge is 2.08. The Hall–Kier alpha value is -2.80. The molecule has 0 aliphatic carbocycles. The predicted octanol–water partition coefficient (Wildman–Crippen LogP) is 3.29. The van der Waals surface area contributed by atoms with Crippen LogP contribution in [-0.4, -0.2) is 34.9 Å². The minimum atomic E-state index is -0.415. The minimum absolute atomic E-state index is 0.0680. The highest BCUT2D eigenvalue weighted by atomic mass is 32.1. The van der Waals surface area contributed by atoms with E-state index < -0.39 is 4.92 Å². The zero-order valence-corrected chi connectivity index (χ0v) is 15.2. The van der Waals surface area contributed by atoms with Gasteiger partial charge in [-0.15, -0.1) is 0 Å². The van der Waals surface area contributed by atoms with Crippen LogP contribution in [0.2, 0.25) is 0 Å². The van der Waals surface area contributed by atoms with Crippen molar-refractivity contribution >= 4 is 28.9 Å². The largest absolute Gasteiger partial charge is 0.355 e. The smallest absolute Gasteiger partial charge is 0.269 e. The van der Waals surface area contributed by atoms with Gasteiger partial charge in [-0.2, -0.15) is 0 Å². The van der Waals surface area contributed by atoms with E-state index in [-0.39, 0.29) is 5.69 Å². The molecule has 2 rings (SSSR count). The molecule has 0 radical (unpaired) electrons. The van der Waals surface area contributed by atoms with E-state index in [0.29, 0.717) is 17.5 Å². The molecule has 0 aliphatic heterocycles. The fourth-order valence-corrected chi connectivity index (χ4v) is 2.12. The fraction of sp³-hybridized carbons (Fsp3) is 0.222. The van der Waals surface area contributed by atoms with E-state index in [4.69, 9.17) is 12.2 Å². The molecule has 0 unspecified atom stereocenters. The van der Waals surface area contributed by atoms with Crippen molar-refractivity contribution < 1.29 is 4.92 Å². The van der Waals surface area contributed by atoms with Crippen LogP contribution in [0.5, 0.6) is 0 Å². The second-order valence-electron chi connectivity index (χ2n) is 5.78. The van der Waals surface area contributed by atoms with Crippen LogP contribution in [-0.2, 0) is 6.54 Å². The van der Waals surface area contributed by atoms with Gasteiger partial charge in [0.15, 0.2) is 5.11 Å². The third kappa shape index (κ3) is 5.36. The Balaban J connectivity index is 2.24. The molecule has 2 aromatic carbocycles. The van der Waals surface area contributed by atoms with Crippen molar-refractivity contribution in [2.75, 3.05) is 14.1 Å². The number of thiocarbonyl (C=S) groups is 1. The van der Waals surface area contributed by atoms with Gasteiger partial charge in [-0.3, -0.25) is 15.1 Å². The SMILES string of the molecule is Cc1ccc(C(=NCc2ccc([N+](=O)[O-])cc2)NC(=S)N(C)C)cc1. The van der Waals surface area contributed by atoms with Crippen LogP contribution in [0.1, 0.15) is 16.7 Å². The van der Waals surface area contributed by atoms with Crippen molar-refractivity contribution in [1.82, 2.24) is 10.2 Å². The first-order valence-electron chi connectivity index (χ1n) is 7.70. The number of rotatable bonds is 4. The monoisotopic (exact) mass is 356 g/mol. The van der Waals surface area contributed by atoms with Crippen molar-refractivity contribution in [2.24, 2.45) is 4.99 Å². The maximum absolute atomic E-state index is 10.7. The summed E-state index contributed by atoms with van der Waals surface area (Å²) < 4.78 is 0. The molecule has 0 saturated carbocycles. The molecule has 1 N–H and O–H groups in total. The van der Waals surface area contributed by atoms with Gasteiger partial charge in [-0.1, -0.05) is 42.0 Å². The van der Waals surface area contributed by atoms with Gasteiger partial charge in [0.1, 0.15) is 5.84 Å². The summed E-state index contributed by atoms with van der Waals surface area (Å²) >= 11 is 5.32. The molecule has 0 atom stereocenters. The number of non-ortho nitro benzene ring substituents is 1. The maximum Gasteiger partial charge on any atom is 0.269 e. The Labute approximate surface area is 152 Å². The Morgan fingerprint density at radius 2 is 1.76 bits per heavy atom. The van der Waals surface area contributed by atoms with E-state index in [0.717, 1.165) is 16.7 Å². The first kappa shape index (κ1) is 18.5. The molecule has 0 aliphatic rings. The van der Waals surface area contributed by atoms with Gasteiger partial charge >= 0.3 is 0 Å². The van der Waals surface area contributed by atoms with Crippen LogP contribution in [0.3, 0.4) is 0 Å². The second kappa shape index (κ2) is 8.34. The van der Waals surface area contributed by atoms with Crippen molar-refractivity contribution in [3.05, 3.63) is 75.3 Å². The third-order valence-electron chi connectivity index (χ3n) is 3.52. The number of nitrogens with zero attached hydrogens (tertiary/aromatic N) is 3. The van der Waals surface area contributed by atoms with Crippen LogP contribution in [0.15, 0.2) is 53.5 Å². The summed E-state index contributed by atoms with van der Waals surface area (Å²) in [7, 11) is 3.72. The maximum atomic E-state index is 10.7. The van der Waals surface area contributed by atoms with E-state index >= 15 is 0 Å². The number of nitrogens with one attached hydrogen (secondary N) is 1. The molecule has 0 fully saturated rings. The third-order valence-corrected chi connectivity index (χ3v) is 3.99. The van der Waals surface area contributed by atoms with Crippen LogP contribution in [0.25, 0.3) is 0 Å². The lowest BCUT2D eigenvalue weighted by molar-refractivity contribution is -0.384. The molecule has 0 amide bonds. The van der Waals surface area contributed by atoms with Gasteiger partial charge in [0, 0.05) is 31.8 Å². The van der Waals surface area contributed by atoms with Crippen molar-refractivity contribution in [3.8, 4) is 0 Å². The number of nitro benzene ring substituents is 1. The van der Waals surface area contributed by atoms with Crippen LogP contribution in [0, 0.1) is 17.0 Å². The number of aliphatic imine (C=N–C) groups is 1. The summed E-state index contributed by atoms with van der Waals surface area (Å²) in [6.07, 6.45) is 0. The normalized spacial score (nSPS) is 11.1. The number of benzene rings is 2. The minimum Gasteiger partial charge on any atom is -0.355 e. The lowest BCUT2D eigenvalue weighted by Crippen LogP contribution is -2.39. The summed E-state index contributed by atoms with van der Waals surface area (Å²) in [5, 5.41) is 14.4. The molecular formula is C18H20N4O2S. The standard InChI is InChI=1S/C18H20N4O2S/c1-13-4-8-15(9-5-13)17(20-18(25)21(2)3)19-12-14-6-10-16(11-7-14)22(23)24/h4-11H,12H2,1-3H3,(H,19,20,25). The average molecular weight is 356 g/mol. The zero-order chi connectivity index (χ0) is 18.4. The zero-order valence-electron chi connectivity index (χ0n) is 14.4. The van der Waals surface area contributed by atoms with Crippen LogP contribution in [0.4, 0.5) is 5.69 Å². The Bertz CT molecular complexity index is 784. The highest BCUT2D eigenvalue weighted by Crippen LogP contribution is 2.13. The average Bonchev–Trinajstić information content (AvgIpc) is 2.59. The van der Waals surface area contributed by atoms with Gasteiger partial charge < -0.3 is 10.2 Å². The van der Waals surface area contributed by atoms with Gasteiger partial charge in [0.25, 0.3) is 5.69 Å². The molecule has 130 valence electrons. The van der Waals surface area contributed by atoms with E-state index in [9.17, 15) is 10.1 Å². The number of aryl methyl sites for hydroxylation is 1. The summed E-state index contributed by atoms with van der Waals surface area (Å²) in [4.78, 5) is 16.7. The van der Waals surface area contributed by atoms with E-state index in [1.54, 1.807) is 17.0 Å². The van der Waals surface area contributed by atoms with Crippen LogP contribution < -0.4 is 5.32 Å². The highest BCUT2D eigenvalue weighted by molar-refractivity contribution is 7.80. The summed E-state index contributed by atoms with van der Waals surface area (Å²) in [5.74, 6) is 0.664. The quantitative estimate of drug-likeness (QED) is 0.299. The lowest BCUT2D eigenvalue weighted by Gasteiger charge is -2.17. The van der Waals surface area contributed by atoms with Gasteiger partial charge in [0.2, 0.25) is 0 Å². The molecule has 0 heterocycles. The number of amidine groups is 1. The Morgan fingerprint density at radius 1 is 1.16 bits per heavy atom. The summed E-state index contributed by atoms with van der Waals surface area (Å²) in [6.45, 7) is 2.42. The molecule has 2 aromatic rings. The topological polar surface area (TPSA) is 70.8 Å². The van der Waals surface area contributed by atoms with Gasteiger partial charge in [-0.25, -0.2) is 0 Å². The Kier molecular flexibility index (Phi) is 6.19. The van der Waals surface area contributed by atoms with Crippen molar-refractivity contribution in [1.29, 1.82) is 0 Å². The fourth-order valence-electron chi connectivity index (χ4n) is 2.02. The molecule has 7 heteroatoms. The van der Waals surface area contributed by atoms with E-state index in [2.05, 4.69) is 10.3 Å². The van der Waals surface area contributed by atoms with Gasteiger partial charge in [-0.05, 0) is 24.7 Å². The summed E-state index contributed by atoms with van der Waals surface area (Å²) in [6, 6.07) is 14.4. The molecule has 0 spiro atoms. The molecule has 25 heavy (non-hydrogen) atoms. The second-order valence-corrected chi connectivity index (χ2v) is 6.17. The van der Waals surface area contributed by atoms with Crippen molar-refractivity contribution in [2.45, 2.75) is 13.5 Å². The first-order chi connectivity index (χ1) is 11.9. The van der Waals surface area contributed by atoms with E-state index in [1.165, 1.54) is 12.1 Å². The first-order valence-corrected chi connectivity index (χ1v) is 8.11. The number of hydrogen-bond donors (Lipinski definition) is 1. The predicted molar refractivity (Wildman–Crippen MR) is 104 cm³/mol.